The first-order valence-corrected chi connectivity index (χ1v) is 9.88. The van der Waals surface area contributed by atoms with E-state index in [2.05, 4.69) is 20.8 Å². The Balaban J connectivity index is 1.34. The Morgan fingerprint density at radius 3 is 3.00 bits per heavy atom. The predicted molar refractivity (Wildman–Crippen MR) is 98.8 cm³/mol. The fourth-order valence-corrected chi connectivity index (χ4v) is 4.11. The summed E-state index contributed by atoms with van der Waals surface area (Å²) in [5.74, 6) is 0.960. The quantitative estimate of drug-likeness (QED) is 0.668. The van der Waals surface area contributed by atoms with Crippen LogP contribution in [0.1, 0.15) is 50.5 Å². The van der Waals surface area contributed by atoms with Crippen molar-refractivity contribution in [3.63, 3.8) is 0 Å². The number of hydrogen-bond acceptors (Lipinski definition) is 6. The molecule has 136 valence electrons. The van der Waals surface area contributed by atoms with E-state index in [1.54, 1.807) is 0 Å². The third-order valence-electron chi connectivity index (χ3n) is 4.71. The molecule has 0 aliphatic heterocycles. The molecule has 2 heterocycles. The van der Waals surface area contributed by atoms with Crippen molar-refractivity contribution in [1.29, 1.82) is 0 Å². The Labute approximate surface area is 155 Å². The highest BCUT2D eigenvalue weighted by atomic mass is 32.2. The molecule has 1 aromatic carbocycles. The van der Waals surface area contributed by atoms with Crippen molar-refractivity contribution in [3.8, 4) is 0 Å². The van der Waals surface area contributed by atoms with Gasteiger partial charge in [0.1, 0.15) is 11.3 Å². The summed E-state index contributed by atoms with van der Waals surface area (Å²) in [7, 11) is 0. The number of carbonyl (C=O) groups excluding carboxylic acids is 1. The molecule has 1 N–H and O–H groups in total. The lowest BCUT2D eigenvalue weighted by Gasteiger charge is -2.12. The van der Waals surface area contributed by atoms with Crippen LogP contribution in [-0.2, 0) is 4.79 Å². The highest BCUT2D eigenvalue weighted by molar-refractivity contribution is 7.99. The number of hydrogen-bond donors (Lipinski definition) is 1. The summed E-state index contributed by atoms with van der Waals surface area (Å²) in [6, 6.07) is 9.96. The maximum atomic E-state index is 12.3. The summed E-state index contributed by atoms with van der Waals surface area (Å²) in [4.78, 5) is 12.3. The Kier molecular flexibility index (Phi) is 4.92. The SMILES string of the molecule is CC(NC(=O)CSc1nnnn1C1CCCC1)c1cc2ccccc2o1. The molecule has 0 radical (unpaired) electrons. The first-order chi connectivity index (χ1) is 12.7. The Hall–Kier alpha value is -2.35. The van der Waals surface area contributed by atoms with Crippen molar-refractivity contribution in [1.82, 2.24) is 25.5 Å². The molecule has 1 amide bonds. The molecule has 1 aliphatic carbocycles. The lowest BCUT2D eigenvalue weighted by Crippen LogP contribution is -2.28. The van der Waals surface area contributed by atoms with E-state index in [0.29, 0.717) is 11.2 Å². The normalized spacial score (nSPS) is 16.2. The fraction of sp³-hybridized carbons (Fsp3) is 0.444. The minimum Gasteiger partial charge on any atom is -0.459 e. The van der Waals surface area contributed by atoms with Crippen LogP contribution in [0.15, 0.2) is 39.9 Å². The zero-order valence-electron chi connectivity index (χ0n) is 14.6. The van der Waals surface area contributed by atoms with Crippen LogP contribution in [0.2, 0.25) is 0 Å². The maximum Gasteiger partial charge on any atom is 0.231 e. The van der Waals surface area contributed by atoms with Crippen LogP contribution < -0.4 is 5.32 Å². The number of nitrogens with zero attached hydrogens (tertiary/aromatic N) is 4. The van der Waals surface area contributed by atoms with Crippen molar-refractivity contribution in [2.45, 2.75) is 49.8 Å². The fourth-order valence-electron chi connectivity index (χ4n) is 3.36. The molecule has 4 rings (SSSR count). The molecular formula is C18H21N5O2S. The van der Waals surface area contributed by atoms with Gasteiger partial charge in [0.05, 0.1) is 17.8 Å². The largest absolute Gasteiger partial charge is 0.459 e. The van der Waals surface area contributed by atoms with Crippen LogP contribution in [0, 0.1) is 0 Å². The second kappa shape index (κ2) is 7.49. The van der Waals surface area contributed by atoms with Gasteiger partial charge in [-0.2, -0.15) is 0 Å². The zero-order valence-corrected chi connectivity index (χ0v) is 15.4. The molecule has 8 heteroatoms. The van der Waals surface area contributed by atoms with Crippen molar-refractivity contribution in [2.75, 3.05) is 5.75 Å². The van der Waals surface area contributed by atoms with Gasteiger partial charge in [0.2, 0.25) is 11.1 Å². The molecular weight excluding hydrogens is 350 g/mol. The topological polar surface area (TPSA) is 85.8 Å². The minimum absolute atomic E-state index is 0.0658. The van der Waals surface area contributed by atoms with E-state index >= 15 is 0 Å². The van der Waals surface area contributed by atoms with E-state index in [0.717, 1.165) is 29.6 Å². The Morgan fingerprint density at radius 2 is 2.19 bits per heavy atom. The van der Waals surface area contributed by atoms with E-state index in [4.69, 9.17) is 4.42 Å². The van der Waals surface area contributed by atoms with Crippen LogP contribution in [0.5, 0.6) is 0 Å². The average Bonchev–Trinajstić information content (AvgIpc) is 3.38. The molecule has 0 spiro atoms. The van der Waals surface area contributed by atoms with Gasteiger partial charge in [0, 0.05) is 5.39 Å². The number of carbonyl (C=O) groups is 1. The summed E-state index contributed by atoms with van der Waals surface area (Å²) in [6.45, 7) is 1.92. The highest BCUT2D eigenvalue weighted by Gasteiger charge is 2.22. The lowest BCUT2D eigenvalue weighted by molar-refractivity contribution is -0.119. The van der Waals surface area contributed by atoms with Crippen molar-refractivity contribution in [2.24, 2.45) is 0 Å². The van der Waals surface area contributed by atoms with E-state index in [1.165, 1.54) is 24.6 Å². The molecule has 0 bridgehead atoms. The number of fused-ring (bicyclic) bond motifs is 1. The first kappa shape index (κ1) is 17.1. The highest BCUT2D eigenvalue weighted by Crippen LogP contribution is 2.31. The summed E-state index contributed by atoms with van der Waals surface area (Å²) >= 11 is 1.38. The maximum absolute atomic E-state index is 12.3. The molecule has 1 fully saturated rings. The van der Waals surface area contributed by atoms with Gasteiger partial charge in [-0.25, -0.2) is 4.68 Å². The number of benzene rings is 1. The lowest BCUT2D eigenvalue weighted by atomic mass is 10.2. The summed E-state index contributed by atoms with van der Waals surface area (Å²) in [5.41, 5.74) is 0.828. The average molecular weight is 371 g/mol. The van der Waals surface area contributed by atoms with Crippen LogP contribution >= 0.6 is 11.8 Å². The second-order valence-electron chi connectivity index (χ2n) is 6.61. The van der Waals surface area contributed by atoms with Gasteiger partial charge >= 0.3 is 0 Å². The van der Waals surface area contributed by atoms with Gasteiger partial charge in [-0.3, -0.25) is 4.79 Å². The van der Waals surface area contributed by atoms with Gasteiger partial charge in [-0.1, -0.05) is 42.8 Å². The van der Waals surface area contributed by atoms with E-state index in [1.807, 2.05) is 41.9 Å². The van der Waals surface area contributed by atoms with Crippen LogP contribution in [0.3, 0.4) is 0 Å². The molecule has 1 atom stereocenters. The van der Waals surface area contributed by atoms with Gasteiger partial charge < -0.3 is 9.73 Å². The van der Waals surface area contributed by atoms with Gasteiger partial charge in [-0.15, -0.1) is 5.10 Å². The monoisotopic (exact) mass is 371 g/mol. The molecule has 26 heavy (non-hydrogen) atoms. The minimum atomic E-state index is -0.193. The standard InChI is InChI=1S/C18H21N5O2S/c1-12(16-10-13-6-2-5-9-15(13)25-16)19-17(24)11-26-18-20-21-22-23(18)14-7-3-4-8-14/h2,5-6,9-10,12,14H,3-4,7-8,11H2,1H3,(H,19,24). The summed E-state index contributed by atoms with van der Waals surface area (Å²) in [5, 5.41) is 16.7. The first-order valence-electron chi connectivity index (χ1n) is 8.89. The number of furan rings is 1. The second-order valence-corrected chi connectivity index (χ2v) is 7.55. The van der Waals surface area contributed by atoms with Crippen molar-refractivity contribution in [3.05, 3.63) is 36.1 Å². The van der Waals surface area contributed by atoms with Gasteiger partial charge in [0.25, 0.3) is 0 Å². The van der Waals surface area contributed by atoms with Crippen LogP contribution in [-0.4, -0.2) is 31.9 Å². The predicted octanol–water partition coefficient (Wildman–Crippen LogP) is 3.50. The van der Waals surface area contributed by atoms with Gasteiger partial charge in [-0.05, 0) is 42.3 Å². The third kappa shape index (κ3) is 3.60. The number of rotatable bonds is 6. The number of nitrogens with one attached hydrogen (secondary N) is 1. The molecule has 1 aliphatic rings. The number of aromatic nitrogens is 4. The van der Waals surface area contributed by atoms with Crippen molar-refractivity contribution >= 4 is 28.6 Å². The van der Waals surface area contributed by atoms with Crippen LogP contribution in [0.25, 0.3) is 11.0 Å². The Bertz CT molecular complexity index is 867. The van der Waals surface area contributed by atoms with Gasteiger partial charge in [0.15, 0.2) is 0 Å². The molecule has 1 saturated carbocycles. The molecule has 1 unspecified atom stereocenters. The molecule has 0 saturated heterocycles. The smallest absolute Gasteiger partial charge is 0.231 e. The van der Waals surface area contributed by atoms with E-state index in [-0.39, 0.29) is 17.7 Å². The third-order valence-corrected chi connectivity index (χ3v) is 5.65. The zero-order chi connectivity index (χ0) is 17.9. The number of amides is 1. The number of para-hydroxylation sites is 1. The van der Waals surface area contributed by atoms with E-state index in [9.17, 15) is 4.79 Å². The van der Waals surface area contributed by atoms with Crippen LogP contribution in [0.4, 0.5) is 0 Å². The summed E-state index contributed by atoms with van der Waals surface area (Å²) < 4.78 is 7.68. The van der Waals surface area contributed by atoms with E-state index < -0.39 is 0 Å². The molecule has 2 aromatic heterocycles. The summed E-state index contributed by atoms with van der Waals surface area (Å²) in [6.07, 6.45) is 4.63. The molecule has 3 aromatic rings. The molecule has 7 nitrogen and oxygen atoms in total. The van der Waals surface area contributed by atoms with Crippen molar-refractivity contribution < 1.29 is 9.21 Å². The number of tetrazole rings is 1. The number of thioether (sulfide) groups is 1. The Morgan fingerprint density at radius 1 is 1.38 bits per heavy atom.